The molecule has 0 amide bonds. The highest BCUT2D eigenvalue weighted by atomic mass is 32.1. The van der Waals surface area contributed by atoms with Crippen LogP contribution in [-0.4, -0.2) is 16.1 Å². The fourth-order valence-corrected chi connectivity index (χ4v) is 2.56. The molecule has 1 N–H and O–H groups in total. The summed E-state index contributed by atoms with van der Waals surface area (Å²) >= 11 is 1.45. The summed E-state index contributed by atoms with van der Waals surface area (Å²) in [6, 6.07) is 6.75. The maximum absolute atomic E-state index is 10.8. The van der Waals surface area contributed by atoms with E-state index in [0.717, 1.165) is 20.8 Å². The summed E-state index contributed by atoms with van der Waals surface area (Å²) in [5, 5.41) is 9.73. The van der Waals surface area contributed by atoms with Crippen LogP contribution in [0.5, 0.6) is 0 Å². The van der Waals surface area contributed by atoms with Crippen LogP contribution in [0.25, 0.3) is 20.8 Å². The predicted octanol–water partition coefficient (Wildman–Crippen LogP) is 3.25. The molecular weight excluding hydrogens is 238 g/mol. The Hall–Kier alpha value is -2.14. The van der Waals surface area contributed by atoms with E-state index < -0.39 is 5.97 Å². The van der Waals surface area contributed by atoms with E-state index in [-0.39, 0.29) is 5.56 Å². The number of thiazole rings is 1. The number of furan rings is 1. The van der Waals surface area contributed by atoms with Gasteiger partial charge in [-0.25, -0.2) is 9.78 Å². The van der Waals surface area contributed by atoms with Gasteiger partial charge in [-0.2, -0.15) is 0 Å². The first kappa shape index (κ1) is 10.0. The molecule has 0 aliphatic rings. The first-order chi connectivity index (χ1) is 8.24. The van der Waals surface area contributed by atoms with E-state index in [0.29, 0.717) is 0 Å². The van der Waals surface area contributed by atoms with Crippen molar-refractivity contribution in [2.45, 2.75) is 0 Å². The maximum Gasteiger partial charge on any atom is 0.335 e. The van der Waals surface area contributed by atoms with Crippen LogP contribution in [0.4, 0.5) is 0 Å². The molecule has 1 aromatic carbocycles. The molecule has 17 heavy (non-hydrogen) atoms. The van der Waals surface area contributed by atoms with E-state index in [1.54, 1.807) is 30.7 Å². The summed E-state index contributed by atoms with van der Waals surface area (Å²) in [5.41, 5.74) is 1.99. The zero-order chi connectivity index (χ0) is 11.8. The van der Waals surface area contributed by atoms with E-state index in [1.165, 1.54) is 11.3 Å². The molecule has 3 rings (SSSR count). The Labute approximate surface area is 100 Å². The van der Waals surface area contributed by atoms with Crippen molar-refractivity contribution < 1.29 is 14.3 Å². The summed E-state index contributed by atoms with van der Waals surface area (Å²) in [4.78, 5) is 15.3. The van der Waals surface area contributed by atoms with Crippen LogP contribution in [0.3, 0.4) is 0 Å². The van der Waals surface area contributed by atoms with E-state index >= 15 is 0 Å². The second-order valence-electron chi connectivity index (χ2n) is 3.52. The molecule has 0 saturated heterocycles. The molecule has 5 heteroatoms. The molecule has 0 aliphatic heterocycles. The molecule has 0 saturated carbocycles. The zero-order valence-corrected chi connectivity index (χ0v) is 9.40. The van der Waals surface area contributed by atoms with Gasteiger partial charge in [-0.1, -0.05) is 0 Å². The number of rotatable bonds is 2. The molecule has 0 unspecified atom stereocenters. The first-order valence-corrected chi connectivity index (χ1v) is 5.72. The van der Waals surface area contributed by atoms with Crippen LogP contribution in [0, 0.1) is 0 Å². The lowest BCUT2D eigenvalue weighted by Crippen LogP contribution is -1.94. The monoisotopic (exact) mass is 245 g/mol. The van der Waals surface area contributed by atoms with Gasteiger partial charge in [-0.15, -0.1) is 11.3 Å². The van der Waals surface area contributed by atoms with Crippen molar-refractivity contribution in [1.29, 1.82) is 0 Å². The van der Waals surface area contributed by atoms with E-state index in [2.05, 4.69) is 4.98 Å². The van der Waals surface area contributed by atoms with Gasteiger partial charge in [0.2, 0.25) is 0 Å². The lowest BCUT2D eigenvalue weighted by Gasteiger charge is -1.91. The summed E-state index contributed by atoms with van der Waals surface area (Å²) in [6.45, 7) is 0. The van der Waals surface area contributed by atoms with Crippen molar-refractivity contribution in [3.63, 3.8) is 0 Å². The number of carboxylic acid groups (broad SMARTS) is 1. The van der Waals surface area contributed by atoms with Crippen molar-refractivity contribution in [1.82, 2.24) is 4.98 Å². The predicted molar refractivity (Wildman–Crippen MR) is 64.3 cm³/mol. The second kappa shape index (κ2) is 3.71. The fourth-order valence-electron chi connectivity index (χ4n) is 1.57. The molecule has 2 aromatic heterocycles. The topological polar surface area (TPSA) is 63.3 Å². The number of hydrogen-bond donors (Lipinski definition) is 1. The van der Waals surface area contributed by atoms with Gasteiger partial charge >= 0.3 is 5.97 Å². The van der Waals surface area contributed by atoms with Crippen molar-refractivity contribution in [2.75, 3.05) is 0 Å². The highest BCUT2D eigenvalue weighted by Gasteiger charge is 2.09. The molecule has 0 bridgehead atoms. The minimum atomic E-state index is -0.926. The second-order valence-corrected chi connectivity index (χ2v) is 4.55. The Kier molecular flexibility index (Phi) is 2.19. The Morgan fingerprint density at radius 2 is 2.24 bits per heavy atom. The van der Waals surface area contributed by atoms with Crippen molar-refractivity contribution in [2.24, 2.45) is 0 Å². The molecule has 4 nitrogen and oxygen atoms in total. The van der Waals surface area contributed by atoms with E-state index in [9.17, 15) is 4.79 Å². The van der Waals surface area contributed by atoms with Gasteiger partial charge in [-0.3, -0.25) is 0 Å². The molecule has 3 aromatic rings. The van der Waals surface area contributed by atoms with Gasteiger partial charge in [0, 0.05) is 5.56 Å². The number of fused-ring (bicyclic) bond motifs is 1. The smallest absolute Gasteiger partial charge is 0.335 e. The van der Waals surface area contributed by atoms with Crippen LogP contribution in [0.2, 0.25) is 0 Å². The number of hydrogen-bond acceptors (Lipinski definition) is 4. The van der Waals surface area contributed by atoms with Gasteiger partial charge in [-0.05, 0) is 24.3 Å². The van der Waals surface area contributed by atoms with Gasteiger partial charge < -0.3 is 9.52 Å². The molecule has 2 heterocycles. The number of aromatic carboxylic acids is 1. The van der Waals surface area contributed by atoms with Gasteiger partial charge in [0.1, 0.15) is 11.3 Å². The SMILES string of the molecule is O=C(O)c1ccc2nc(-c3ccoc3)sc2c1. The van der Waals surface area contributed by atoms with Crippen molar-refractivity contribution >= 4 is 27.5 Å². The Balaban J connectivity index is 2.16. The largest absolute Gasteiger partial charge is 0.478 e. The molecule has 0 radical (unpaired) electrons. The normalized spacial score (nSPS) is 10.8. The van der Waals surface area contributed by atoms with E-state index in [1.807, 2.05) is 6.07 Å². The van der Waals surface area contributed by atoms with Crippen LogP contribution in [-0.2, 0) is 0 Å². The molecule has 84 valence electrons. The minimum Gasteiger partial charge on any atom is -0.478 e. The van der Waals surface area contributed by atoms with Crippen LogP contribution in [0.1, 0.15) is 10.4 Å². The number of benzene rings is 1. The minimum absolute atomic E-state index is 0.278. The van der Waals surface area contributed by atoms with Gasteiger partial charge in [0.05, 0.1) is 22.0 Å². The third-order valence-electron chi connectivity index (χ3n) is 2.40. The summed E-state index contributed by atoms with van der Waals surface area (Å²) in [7, 11) is 0. The number of carboxylic acids is 1. The summed E-state index contributed by atoms with van der Waals surface area (Å²) < 4.78 is 5.86. The zero-order valence-electron chi connectivity index (χ0n) is 8.58. The van der Waals surface area contributed by atoms with E-state index in [4.69, 9.17) is 9.52 Å². The highest BCUT2D eigenvalue weighted by Crippen LogP contribution is 2.30. The summed E-state index contributed by atoms with van der Waals surface area (Å²) in [6.07, 6.45) is 3.21. The quantitative estimate of drug-likeness (QED) is 0.752. The van der Waals surface area contributed by atoms with Crippen LogP contribution >= 0.6 is 11.3 Å². The standard InChI is InChI=1S/C12H7NO3S/c14-12(15)7-1-2-9-10(5-7)17-11(13-9)8-3-4-16-6-8/h1-6H,(H,14,15). The van der Waals surface area contributed by atoms with Crippen molar-refractivity contribution in [3.05, 3.63) is 42.4 Å². The number of carbonyl (C=O) groups is 1. The lowest BCUT2D eigenvalue weighted by molar-refractivity contribution is 0.0697. The molecule has 0 atom stereocenters. The molecular formula is C12H7NO3S. The highest BCUT2D eigenvalue weighted by molar-refractivity contribution is 7.21. The molecule has 0 aliphatic carbocycles. The third-order valence-corrected chi connectivity index (χ3v) is 3.47. The first-order valence-electron chi connectivity index (χ1n) is 4.90. The maximum atomic E-state index is 10.8. The average molecular weight is 245 g/mol. The molecule has 0 fully saturated rings. The lowest BCUT2D eigenvalue weighted by atomic mass is 10.2. The number of aromatic nitrogens is 1. The summed E-state index contributed by atoms with van der Waals surface area (Å²) in [5.74, 6) is -0.926. The average Bonchev–Trinajstić information content (AvgIpc) is 2.96. The van der Waals surface area contributed by atoms with Gasteiger partial charge in [0.15, 0.2) is 0 Å². The molecule has 0 spiro atoms. The fraction of sp³-hybridized carbons (Fsp3) is 0. The third kappa shape index (κ3) is 1.70. The Morgan fingerprint density at radius 3 is 2.94 bits per heavy atom. The Bertz CT molecular complexity index is 685. The van der Waals surface area contributed by atoms with Crippen LogP contribution in [0.15, 0.2) is 41.2 Å². The Morgan fingerprint density at radius 1 is 1.35 bits per heavy atom. The van der Waals surface area contributed by atoms with Crippen molar-refractivity contribution in [3.8, 4) is 10.6 Å². The number of nitrogens with zero attached hydrogens (tertiary/aromatic N) is 1. The van der Waals surface area contributed by atoms with Crippen LogP contribution < -0.4 is 0 Å². The van der Waals surface area contributed by atoms with Gasteiger partial charge in [0.25, 0.3) is 0 Å².